The number of likely N-dealkylation sites (N-methyl/N-ethyl adjacent to an activating group) is 1. The molecule has 0 aliphatic carbocycles. The Morgan fingerprint density at radius 1 is 1.18 bits per heavy atom. The highest BCUT2D eigenvalue weighted by molar-refractivity contribution is 7.17. The topological polar surface area (TPSA) is 84.4 Å². The summed E-state index contributed by atoms with van der Waals surface area (Å²) >= 11 is 1.55. The summed E-state index contributed by atoms with van der Waals surface area (Å²) < 4.78 is 4.77. The first-order valence-corrected chi connectivity index (χ1v) is 9.94. The summed E-state index contributed by atoms with van der Waals surface area (Å²) in [5, 5.41) is 5.21. The highest BCUT2D eigenvalue weighted by Gasteiger charge is 2.21. The highest BCUT2D eigenvalue weighted by atomic mass is 32.1. The molecule has 0 aliphatic rings. The first kappa shape index (κ1) is 19.8. The zero-order valence-corrected chi connectivity index (χ0v) is 16.9. The smallest absolute Gasteiger partial charge is 0.413 e. The number of nitrogens with one attached hydrogen (secondary N) is 1. The molecule has 8 heteroatoms. The van der Waals surface area contributed by atoms with E-state index in [0.717, 1.165) is 21.3 Å². The van der Waals surface area contributed by atoms with Gasteiger partial charge in [-0.25, -0.2) is 14.8 Å². The Balaban J connectivity index is 1.99. The molecule has 2 aromatic heterocycles. The quantitative estimate of drug-likeness (QED) is 0.680. The average molecular weight is 398 g/mol. The number of alkyl carbamates (subject to hydrolysis) is 1. The zero-order chi connectivity index (χ0) is 20.1. The Labute approximate surface area is 167 Å². The van der Waals surface area contributed by atoms with E-state index in [1.165, 1.54) is 0 Å². The fourth-order valence-electron chi connectivity index (χ4n) is 2.92. The maximum atomic E-state index is 12.3. The van der Waals surface area contributed by atoms with Gasteiger partial charge < -0.3 is 9.64 Å². The van der Waals surface area contributed by atoms with E-state index in [4.69, 9.17) is 4.74 Å². The lowest BCUT2D eigenvalue weighted by molar-refractivity contribution is -0.119. The van der Waals surface area contributed by atoms with Crippen molar-refractivity contribution in [1.82, 2.24) is 15.3 Å². The SMILES string of the molecule is CCOC(=O)NC(=O)CN(CC)c1nc(C)nc2scc(-c3ccccc3)c12. The summed E-state index contributed by atoms with van der Waals surface area (Å²) in [7, 11) is 0. The molecule has 1 aromatic carbocycles. The van der Waals surface area contributed by atoms with E-state index < -0.39 is 12.0 Å². The van der Waals surface area contributed by atoms with Gasteiger partial charge in [-0.15, -0.1) is 11.3 Å². The van der Waals surface area contributed by atoms with Crippen LogP contribution < -0.4 is 10.2 Å². The summed E-state index contributed by atoms with van der Waals surface area (Å²) in [6.45, 7) is 6.20. The van der Waals surface area contributed by atoms with Crippen LogP contribution in [0.15, 0.2) is 35.7 Å². The number of hydrogen-bond donors (Lipinski definition) is 1. The van der Waals surface area contributed by atoms with Gasteiger partial charge in [0.1, 0.15) is 16.5 Å². The average Bonchev–Trinajstić information content (AvgIpc) is 3.10. The van der Waals surface area contributed by atoms with Gasteiger partial charge in [0, 0.05) is 17.5 Å². The van der Waals surface area contributed by atoms with Crippen LogP contribution in [-0.4, -0.2) is 41.7 Å². The molecule has 2 heterocycles. The number of imide groups is 1. The lowest BCUT2D eigenvalue weighted by Gasteiger charge is -2.22. The van der Waals surface area contributed by atoms with E-state index in [-0.39, 0.29) is 13.2 Å². The van der Waals surface area contributed by atoms with Crippen LogP contribution in [0.5, 0.6) is 0 Å². The predicted molar refractivity (Wildman–Crippen MR) is 111 cm³/mol. The van der Waals surface area contributed by atoms with Gasteiger partial charge in [-0.05, 0) is 26.3 Å². The Kier molecular flexibility index (Phi) is 6.20. The van der Waals surface area contributed by atoms with Crippen LogP contribution in [0, 0.1) is 6.92 Å². The van der Waals surface area contributed by atoms with Crippen molar-refractivity contribution in [3.05, 3.63) is 41.5 Å². The largest absolute Gasteiger partial charge is 0.450 e. The summed E-state index contributed by atoms with van der Waals surface area (Å²) in [6, 6.07) is 10.0. The molecular weight excluding hydrogens is 376 g/mol. The molecule has 0 bridgehead atoms. The van der Waals surface area contributed by atoms with Crippen LogP contribution >= 0.6 is 11.3 Å². The molecule has 0 saturated heterocycles. The van der Waals surface area contributed by atoms with Crippen molar-refractivity contribution in [2.45, 2.75) is 20.8 Å². The third kappa shape index (κ3) is 4.28. The molecule has 3 rings (SSSR count). The number of rotatable bonds is 6. The molecule has 0 atom stereocenters. The van der Waals surface area contributed by atoms with Crippen LogP contribution in [0.4, 0.5) is 10.6 Å². The number of anilines is 1. The van der Waals surface area contributed by atoms with Crippen molar-refractivity contribution >= 4 is 39.4 Å². The van der Waals surface area contributed by atoms with Gasteiger partial charge in [-0.1, -0.05) is 30.3 Å². The summed E-state index contributed by atoms with van der Waals surface area (Å²) in [4.78, 5) is 35.7. The number of aromatic nitrogens is 2. The van der Waals surface area contributed by atoms with Gasteiger partial charge in [-0.2, -0.15) is 0 Å². The molecule has 0 fully saturated rings. The second-order valence-corrected chi connectivity index (χ2v) is 6.93. The lowest BCUT2D eigenvalue weighted by atomic mass is 10.1. The van der Waals surface area contributed by atoms with Crippen molar-refractivity contribution in [2.24, 2.45) is 0 Å². The molecule has 0 saturated carbocycles. The van der Waals surface area contributed by atoms with E-state index in [9.17, 15) is 9.59 Å². The number of amides is 2. The van der Waals surface area contributed by atoms with Crippen molar-refractivity contribution in [3.63, 3.8) is 0 Å². The Morgan fingerprint density at radius 3 is 2.61 bits per heavy atom. The predicted octanol–water partition coefficient (Wildman–Crippen LogP) is 3.77. The number of benzene rings is 1. The number of nitrogens with zero attached hydrogens (tertiary/aromatic N) is 3. The second kappa shape index (κ2) is 8.79. The van der Waals surface area contributed by atoms with E-state index in [1.54, 1.807) is 18.3 Å². The van der Waals surface area contributed by atoms with Crippen molar-refractivity contribution in [1.29, 1.82) is 0 Å². The molecule has 0 unspecified atom stereocenters. The fraction of sp³-hybridized carbons (Fsp3) is 0.300. The number of aryl methyl sites for hydroxylation is 1. The van der Waals surface area contributed by atoms with Crippen LogP contribution in [-0.2, 0) is 9.53 Å². The number of thiophene rings is 1. The normalized spacial score (nSPS) is 10.7. The minimum Gasteiger partial charge on any atom is -0.450 e. The molecular formula is C20H22N4O3S. The van der Waals surface area contributed by atoms with Crippen LogP contribution in [0.2, 0.25) is 0 Å². The molecule has 28 heavy (non-hydrogen) atoms. The third-order valence-electron chi connectivity index (χ3n) is 4.14. The van der Waals surface area contributed by atoms with Gasteiger partial charge >= 0.3 is 6.09 Å². The number of hydrogen-bond acceptors (Lipinski definition) is 7. The van der Waals surface area contributed by atoms with Gasteiger partial charge in [0.05, 0.1) is 18.5 Å². The summed E-state index contributed by atoms with van der Waals surface area (Å²) in [5.41, 5.74) is 2.09. The van der Waals surface area contributed by atoms with Crippen LogP contribution in [0.25, 0.3) is 21.3 Å². The van der Waals surface area contributed by atoms with Crippen molar-refractivity contribution in [2.75, 3.05) is 24.6 Å². The Hall–Kier alpha value is -3.00. The highest BCUT2D eigenvalue weighted by Crippen LogP contribution is 2.38. The number of carbonyl (C=O) groups excluding carboxylic acids is 2. The summed E-state index contributed by atoms with van der Waals surface area (Å²) in [6.07, 6.45) is -0.743. The zero-order valence-electron chi connectivity index (χ0n) is 16.1. The number of fused-ring (bicyclic) bond motifs is 1. The maximum Gasteiger partial charge on any atom is 0.413 e. The van der Waals surface area contributed by atoms with E-state index in [0.29, 0.717) is 18.2 Å². The molecule has 3 aromatic rings. The van der Waals surface area contributed by atoms with Gasteiger partial charge in [0.2, 0.25) is 5.91 Å². The number of ether oxygens (including phenoxy) is 1. The van der Waals surface area contributed by atoms with E-state index in [1.807, 2.05) is 49.1 Å². The molecule has 2 amide bonds. The first-order valence-electron chi connectivity index (χ1n) is 9.06. The summed E-state index contributed by atoms with van der Waals surface area (Å²) in [5.74, 6) is 0.874. The van der Waals surface area contributed by atoms with Gasteiger partial charge in [0.25, 0.3) is 0 Å². The van der Waals surface area contributed by atoms with Crippen molar-refractivity contribution < 1.29 is 14.3 Å². The Morgan fingerprint density at radius 2 is 1.93 bits per heavy atom. The van der Waals surface area contributed by atoms with Gasteiger partial charge in [0.15, 0.2) is 0 Å². The number of carbonyl (C=O) groups is 2. The molecule has 0 aliphatic heterocycles. The molecule has 7 nitrogen and oxygen atoms in total. The molecule has 146 valence electrons. The van der Waals surface area contributed by atoms with E-state index in [2.05, 4.69) is 20.7 Å². The monoisotopic (exact) mass is 398 g/mol. The second-order valence-electron chi connectivity index (χ2n) is 6.07. The Bertz CT molecular complexity index is 988. The van der Waals surface area contributed by atoms with Gasteiger partial charge in [-0.3, -0.25) is 10.1 Å². The van der Waals surface area contributed by atoms with Crippen LogP contribution in [0.1, 0.15) is 19.7 Å². The fourth-order valence-corrected chi connectivity index (χ4v) is 3.90. The lowest BCUT2D eigenvalue weighted by Crippen LogP contribution is -2.40. The minimum atomic E-state index is -0.743. The molecule has 0 radical (unpaired) electrons. The maximum absolute atomic E-state index is 12.3. The van der Waals surface area contributed by atoms with Crippen molar-refractivity contribution in [3.8, 4) is 11.1 Å². The third-order valence-corrected chi connectivity index (χ3v) is 5.02. The van der Waals surface area contributed by atoms with E-state index >= 15 is 0 Å². The first-order chi connectivity index (χ1) is 13.5. The standard InChI is InChI=1S/C20H22N4O3S/c1-4-24(11-16(25)23-20(26)27-5-2)18-17-15(14-9-7-6-8-10-14)12-28-19(17)22-13(3)21-18/h6-10,12H,4-5,11H2,1-3H3,(H,23,25,26). The van der Waals surface area contributed by atoms with Crippen LogP contribution in [0.3, 0.4) is 0 Å². The molecule has 1 N–H and O–H groups in total. The minimum absolute atomic E-state index is 0.00898. The molecule has 0 spiro atoms.